The van der Waals surface area contributed by atoms with Crippen LogP contribution in [0.25, 0.3) is 0 Å². The first kappa shape index (κ1) is 17.0. The molecule has 1 aromatic heterocycles. The van der Waals surface area contributed by atoms with E-state index in [4.69, 9.17) is 4.74 Å². The van der Waals surface area contributed by atoms with Crippen molar-refractivity contribution in [3.63, 3.8) is 0 Å². The van der Waals surface area contributed by atoms with Gasteiger partial charge in [-0.15, -0.1) is 0 Å². The molecule has 1 heterocycles. The van der Waals surface area contributed by atoms with Gasteiger partial charge in [-0.1, -0.05) is 50.3 Å². The maximum atomic E-state index is 5.87. The molecule has 0 radical (unpaired) electrons. The van der Waals surface area contributed by atoms with E-state index in [-0.39, 0.29) is 0 Å². The molecule has 1 aliphatic rings. The molecule has 0 atom stereocenters. The molecule has 1 N–H and O–H groups in total. The molecule has 24 heavy (non-hydrogen) atoms. The van der Waals surface area contributed by atoms with Gasteiger partial charge in [-0.25, -0.2) is 0 Å². The molecule has 3 nitrogen and oxygen atoms in total. The Bertz CT molecular complexity index is 592. The summed E-state index contributed by atoms with van der Waals surface area (Å²) in [5.41, 5.74) is 2.24. The fourth-order valence-corrected chi connectivity index (χ4v) is 3.31. The van der Waals surface area contributed by atoms with Crippen molar-refractivity contribution in [2.24, 2.45) is 0 Å². The van der Waals surface area contributed by atoms with Crippen LogP contribution in [0, 0.1) is 0 Å². The maximum Gasteiger partial charge on any atom is 0.130 e. The highest BCUT2D eigenvalue weighted by Crippen LogP contribution is 2.19. The van der Waals surface area contributed by atoms with Gasteiger partial charge in [0.25, 0.3) is 0 Å². The Morgan fingerprint density at radius 2 is 1.79 bits per heavy atom. The number of rotatable bonds is 6. The van der Waals surface area contributed by atoms with Crippen molar-refractivity contribution in [2.75, 3.05) is 0 Å². The molecular formula is C21H28N2O. The molecule has 1 saturated carbocycles. The lowest BCUT2D eigenvalue weighted by molar-refractivity contribution is 0.301. The van der Waals surface area contributed by atoms with E-state index in [0.717, 1.165) is 18.0 Å². The zero-order valence-electron chi connectivity index (χ0n) is 14.4. The molecule has 0 bridgehead atoms. The van der Waals surface area contributed by atoms with Gasteiger partial charge in [0.05, 0.1) is 5.69 Å². The number of aromatic nitrogens is 1. The SMILES string of the molecule is c1ccc(COc2cccc(CNC3CCCCCCC3)c2)nc1. The number of nitrogens with one attached hydrogen (secondary N) is 1. The van der Waals surface area contributed by atoms with E-state index in [2.05, 4.69) is 28.5 Å². The van der Waals surface area contributed by atoms with Crippen molar-refractivity contribution in [1.82, 2.24) is 10.3 Å². The van der Waals surface area contributed by atoms with Gasteiger partial charge >= 0.3 is 0 Å². The Labute approximate surface area is 145 Å². The largest absolute Gasteiger partial charge is 0.487 e. The molecule has 1 aliphatic carbocycles. The van der Waals surface area contributed by atoms with Crippen LogP contribution in [0.4, 0.5) is 0 Å². The minimum Gasteiger partial charge on any atom is -0.487 e. The summed E-state index contributed by atoms with van der Waals surface area (Å²) in [4.78, 5) is 4.29. The summed E-state index contributed by atoms with van der Waals surface area (Å²) in [7, 11) is 0. The second-order valence-electron chi connectivity index (χ2n) is 6.68. The van der Waals surface area contributed by atoms with Gasteiger partial charge in [-0.2, -0.15) is 0 Å². The van der Waals surface area contributed by atoms with Crippen LogP contribution in [0.2, 0.25) is 0 Å². The van der Waals surface area contributed by atoms with Crippen LogP contribution in [0.15, 0.2) is 48.7 Å². The molecule has 128 valence electrons. The minimum absolute atomic E-state index is 0.514. The van der Waals surface area contributed by atoms with Crippen molar-refractivity contribution < 1.29 is 4.74 Å². The van der Waals surface area contributed by atoms with Gasteiger partial charge in [0.2, 0.25) is 0 Å². The molecule has 0 amide bonds. The van der Waals surface area contributed by atoms with E-state index in [0.29, 0.717) is 12.6 Å². The zero-order chi connectivity index (χ0) is 16.5. The average molecular weight is 324 g/mol. The highest BCUT2D eigenvalue weighted by molar-refractivity contribution is 5.28. The van der Waals surface area contributed by atoms with Crippen LogP contribution in [-0.4, -0.2) is 11.0 Å². The molecule has 0 aliphatic heterocycles. The van der Waals surface area contributed by atoms with Crippen LogP contribution in [-0.2, 0) is 13.2 Å². The summed E-state index contributed by atoms with van der Waals surface area (Å²) in [6.07, 6.45) is 11.4. The van der Waals surface area contributed by atoms with Gasteiger partial charge < -0.3 is 10.1 Å². The first-order chi connectivity index (χ1) is 11.9. The van der Waals surface area contributed by atoms with Crippen molar-refractivity contribution >= 4 is 0 Å². The fourth-order valence-electron chi connectivity index (χ4n) is 3.31. The van der Waals surface area contributed by atoms with Crippen molar-refractivity contribution in [3.8, 4) is 5.75 Å². The molecular weight excluding hydrogens is 296 g/mol. The molecule has 0 spiro atoms. The zero-order valence-corrected chi connectivity index (χ0v) is 14.4. The molecule has 0 unspecified atom stereocenters. The van der Waals surface area contributed by atoms with Gasteiger partial charge in [-0.05, 0) is 42.7 Å². The van der Waals surface area contributed by atoms with E-state index in [1.807, 2.05) is 24.3 Å². The Morgan fingerprint density at radius 3 is 2.58 bits per heavy atom. The van der Waals surface area contributed by atoms with Gasteiger partial charge in [0, 0.05) is 18.8 Å². The molecule has 0 saturated heterocycles. The lowest BCUT2D eigenvalue weighted by atomic mass is 9.96. The number of hydrogen-bond donors (Lipinski definition) is 1. The summed E-state index contributed by atoms with van der Waals surface area (Å²) in [5.74, 6) is 0.914. The van der Waals surface area contributed by atoms with Crippen LogP contribution >= 0.6 is 0 Å². The van der Waals surface area contributed by atoms with Gasteiger partial charge in [0.1, 0.15) is 12.4 Å². The van der Waals surface area contributed by atoms with E-state index in [1.165, 1.54) is 50.5 Å². The summed E-state index contributed by atoms with van der Waals surface area (Å²) in [5, 5.41) is 3.74. The van der Waals surface area contributed by atoms with Crippen LogP contribution in [0.5, 0.6) is 5.75 Å². The summed E-state index contributed by atoms with van der Waals surface area (Å²) < 4.78 is 5.87. The number of pyridine rings is 1. The normalized spacial score (nSPS) is 16.3. The topological polar surface area (TPSA) is 34.1 Å². The van der Waals surface area contributed by atoms with Crippen LogP contribution in [0.1, 0.15) is 56.2 Å². The van der Waals surface area contributed by atoms with Crippen molar-refractivity contribution in [3.05, 3.63) is 59.9 Å². The highest BCUT2D eigenvalue weighted by atomic mass is 16.5. The summed E-state index contributed by atoms with van der Waals surface area (Å²) in [6, 6.07) is 15.0. The first-order valence-corrected chi connectivity index (χ1v) is 9.25. The lowest BCUT2D eigenvalue weighted by Crippen LogP contribution is -2.29. The molecule has 1 fully saturated rings. The molecule has 3 heteroatoms. The maximum absolute atomic E-state index is 5.87. The number of ether oxygens (including phenoxy) is 1. The second-order valence-corrected chi connectivity index (χ2v) is 6.68. The molecule has 3 rings (SSSR count). The summed E-state index contributed by atoms with van der Waals surface area (Å²) >= 11 is 0. The Kier molecular flexibility index (Phi) is 6.67. The number of benzene rings is 1. The predicted molar refractivity (Wildman–Crippen MR) is 98.0 cm³/mol. The first-order valence-electron chi connectivity index (χ1n) is 9.25. The van der Waals surface area contributed by atoms with Crippen molar-refractivity contribution in [2.45, 2.75) is 64.1 Å². The fraction of sp³-hybridized carbons (Fsp3) is 0.476. The van der Waals surface area contributed by atoms with Crippen molar-refractivity contribution in [1.29, 1.82) is 0 Å². The second kappa shape index (κ2) is 9.43. The van der Waals surface area contributed by atoms with E-state index in [1.54, 1.807) is 6.20 Å². The van der Waals surface area contributed by atoms with E-state index >= 15 is 0 Å². The van der Waals surface area contributed by atoms with Crippen LogP contribution < -0.4 is 10.1 Å². The Morgan fingerprint density at radius 1 is 0.958 bits per heavy atom. The molecule has 2 aromatic rings. The highest BCUT2D eigenvalue weighted by Gasteiger charge is 2.10. The summed E-state index contributed by atoms with van der Waals surface area (Å²) in [6.45, 7) is 1.44. The number of hydrogen-bond acceptors (Lipinski definition) is 3. The third-order valence-electron chi connectivity index (χ3n) is 4.71. The monoisotopic (exact) mass is 324 g/mol. The van der Waals surface area contributed by atoms with E-state index in [9.17, 15) is 0 Å². The third kappa shape index (κ3) is 5.64. The lowest BCUT2D eigenvalue weighted by Gasteiger charge is -2.21. The standard InChI is InChI=1S/C21H28N2O/c1-2-4-10-19(11-5-3-1)23-16-18-9-8-13-21(15-18)24-17-20-12-6-7-14-22-20/h6-9,12-15,19,23H,1-5,10-11,16-17H2. The average Bonchev–Trinajstić information content (AvgIpc) is 2.60. The van der Waals surface area contributed by atoms with E-state index < -0.39 is 0 Å². The minimum atomic E-state index is 0.514. The van der Waals surface area contributed by atoms with Crippen LogP contribution in [0.3, 0.4) is 0 Å². The number of nitrogens with zero attached hydrogens (tertiary/aromatic N) is 1. The third-order valence-corrected chi connectivity index (χ3v) is 4.71. The Balaban J connectivity index is 1.49. The van der Waals surface area contributed by atoms with Gasteiger partial charge in [0.15, 0.2) is 0 Å². The Hall–Kier alpha value is -1.87. The predicted octanol–water partition coefficient (Wildman–Crippen LogP) is 4.86. The molecule has 1 aromatic carbocycles. The van der Waals surface area contributed by atoms with Gasteiger partial charge in [-0.3, -0.25) is 4.98 Å². The smallest absolute Gasteiger partial charge is 0.130 e. The quantitative estimate of drug-likeness (QED) is 0.823.